The zero-order chi connectivity index (χ0) is 15.0. The second-order valence-corrected chi connectivity index (χ2v) is 4.52. The van der Waals surface area contributed by atoms with Gasteiger partial charge in [0.25, 0.3) is 5.91 Å². The zero-order valence-electron chi connectivity index (χ0n) is 11.6. The van der Waals surface area contributed by atoms with Crippen molar-refractivity contribution in [2.45, 2.75) is 26.4 Å². The lowest BCUT2D eigenvalue weighted by Gasteiger charge is -2.10. The van der Waals surface area contributed by atoms with Gasteiger partial charge in [-0.1, -0.05) is 19.9 Å². The maximum Gasteiger partial charge on any atom is 0.258 e. The Balaban J connectivity index is 2.51. The van der Waals surface area contributed by atoms with E-state index in [1.807, 2.05) is 13.8 Å². The van der Waals surface area contributed by atoms with E-state index in [-0.39, 0.29) is 18.9 Å². The number of halogens is 1. The summed E-state index contributed by atoms with van der Waals surface area (Å²) in [5, 5.41) is 13.8. The molecule has 1 aromatic carbocycles. The van der Waals surface area contributed by atoms with Crippen LogP contribution in [0.5, 0.6) is 5.75 Å². The number of amides is 1. The van der Waals surface area contributed by atoms with Crippen molar-refractivity contribution >= 4 is 5.91 Å². The van der Waals surface area contributed by atoms with Gasteiger partial charge in [-0.15, -0.1) is 0 Å². The topological polar surface area (TPSA) is 74.2 Å². The SMILES string of the molecule is CC(C)NCc1ccc(OCC(=O)NCC#N)c(F)c1. The molecule has 5 nitrogen and oxygen atoms in total. The fourth-order valence-corrected chi connectivity index (χ4v) is 1.43. The molecule has 1 aromatic rings. The molecule has 0 aromatic heterocycles. The minimum atomic E-state index is -0.513. The van der Waals surface area contributed by atoms with E-state index in [2.05, 4.69) is 10.6 Å². The fraction of sp³-hybridized carbons (Fsp3) is 0.429. The highest BCUT2D eigenvalue weighted by molar-refractivity contribution is 5.77. The van der Waals surface area contributed by atoms with Crippen LogP contribution >= 0.6 is 0 Å². The van der Waals surface area contributed by atoms with Crippen LogP contribution in [0.2, 0.25) is 0 Å². The molecule has 0 aliphatic carbocycles. The predicted molar refractivity (Wildman–Crippen MR) is 72.5 cm³/mol. The van der Waals surface area contributed by atoms with Crippen LogP contribution in [0.25, 0.3) is 0 Å². The number of hydrogen-bond acceptors (Lipinski definition) is 4. The predicted octanol–water partition coefficient (Wildman–Crippen LogP) is 1.34. The van der Waals surface area contributed by atoms with Gasteiger partial charge < -0.3 is 15.4 Å². The number of benzene rings is 1. The van der Waals surface area contributed by atoms with Gasteiger partial charge in [0.1, 0.15) is 6.54 Å². The standard InChI is InChI=1S/C14H18FN3O2/c1-10(2)18-8-11-3-4-13(12(15)7-11)20-9-14(19)17-6-5-16/h3-4,7,10,18H,6,8-9H2,1-2H3,(H,17,19). The first-order valence-electron chi connectivity index (χ1n) is 6.31. The van der Waals surface area contributed by atoms with Gasteiger partial charge >= 0.3 is 0 Å². The third-order valence-corrected chi connectivity index (χ3v) is 2.43. The molecule has 0 unspecified atom stereocenters. The van der Waals surface area contributed by atoms with Crippen molar-refractivity contribution in [1.29, 1.82) is 5.26 Å². The van der Waals surface area contributed by atoms with Crippen LogP contribution in [-0.2, 0) is 11.3 Å². The van der Waals surface area contributed by atoms with Crippen molar-refractivity contribution in [3.8, 4) is 11.8 Å². The molecule has 0 saturated heterocycles. The Morgan fingerprint density at radius 3 is 2.85 bits per heavy atom. The summed E-state index contributed by atoms with van der Waals surface area (Å²) in [6.07, 6.45) is 0. The van der Waals surface area contributed by atoms with Crippen LogP contribution < -0.4 is 15.4 Å². The molecular formula is C14H18FN3O2. The summed E-state index contributed by atoms with van der Waals surface area (Å²) >= 11 is 0. The summed E-state index contributed by atoms with van der Waals surface area (Å²) in [5.74, 6) is -0.956. The summed E-state index contributed by atoms with van der Waals surface area (Å²) in [7, 11) is 0. The molecular weight excluding hydrogens is 261 g/mol. The first-order chi connectivity index (χ1) is 9.52. The molecule has 108 valence electrons. The number of nitrogens with zero attached hydrogens (tertiary/aromatic N) is 1. The highest BCUT2D eigenvalue weighted by Crippen LogP contribution is 2.18. The molecule has 0 spiro atoms. The van der Waals surface area contributed by atoms with Crippen LogP contribution in [0.4, 0.5) is 4.39 Å². The van der Waals surface area contributed by atoms with Gasteiger partial charge in [-0.2, -0.15) is 5.26 Å². The number of carbonyl (C=O) groups is 1. The molecule has 0 heterocycles. The lowest BCUT2D eigenvalue weighted by Crippen LogP contribution is -2.29. The number of nitrogens with one attached hydrogen (secondary N) is 2. The highest BCUT2D eigenvalue weighted by atomic mass is 19.1. The Hall–Kier alpha value is -2.13. The van der Waals surface area contributed by atoms with Gasteiger partial charge in [-0.05, 0) is 17.7 Å². The van der Waals surface area contributed by atoms with Gasteiger partial charge in [0.15, 0.2) is 18.2 Å². The average molecular weight is 279 g/mol. The maximum absolute atomic E-state index is 13.7. The van der Waals surface area contributed by atoms with Gasteiger partial charge in [0, 0.05) is 12.6 Å². The molecule has 1 amide bonds. The molecule has 0 aliphatic rings. The minimum Gasteiger partial charge on any atom is -0.481 e. The first kappa shape index (κ1) is 15.9. The largest absolute Gasteiger partial charge is 0.481 e. The molecule has 0 saturated carbocycles. The Kier molecular flexibility index (Phi) is 6.47. The molecule has 2 N–H and O–H groups in total. The van der Waals surface area contributed by atoms with Crippen molar-refractivity contribution in [3.05, 3.63) is 29.6 Å². The molecule has 1 rings (SSSR count). The number of rotatable bonds is 7. The summed E-state index contributed by atoms with van der Waals surface area (Å²) in [6, 6.07) is 6.69. The van der Waals surface area contributed by atoms with Crippen molar-refractivity contribution < 1.29 is 13.9 Å². The smallest absolute Gasteiger partial charge is 0.258 e. The second kappa shape index (κ2) is 8.12. The monoisotopic (exact) mass is 279 g/mol. The van der Waals surface area contributed by atoms with Crippen LogP contribution in [0.3, 0.4) is 0 Å². The van der Waals surface area contributed by atoms with Crippen molar-refractivity contribution in [2.75, 3.05) is 13.2 Å². The molecule has 0 aliphatic heterocycles. The summed E-state index contributed by atoms with van der Waals surface area (Å²) in [4.78, 5) is 11.2. The van der Waals surface area contributed by atoms with E-state index in [1.54, 1.807) is 12.1 Å². The van der Waals surface area contributed by atoms with Crippen LogP contribution in [0.15, 0.2) is 18.2 Å². The maximum atomic E-state index is 13.7. The van der Waals surface area contributed by atoms with Gasteiger partial charge in [-0.25, -0.2) is 4.39 Å². The Labute approximate surface area is 117 Å². The van der Waals surface area contributed by atoms with E-state index in [0.29, 0.717) is 12.6 Å². The van der Waals surface area contributed by atoms with Gasteiger partial charge in [0.05, 0.1) is 6.07 Å². The number of hydrogen-bond donors (Lipinski definition) is 2. The lowest BCUT2D eigenvalue weighted by molar-refractivity contribution is -0.122. The van der Waals surface area contributed by atoms with Crippen LogP contribution in [0.1, 0.15) is 19.4 Å². The Morgan fingerprint density at radius 1 is 1.50 bits per heavy atom. The van der Waals surface area contributed by atoms with Crippen LogP contribution in [-0.4, -0.2) is 25.1 Å². The van der Waals surface area contributed by atoms with Gasteiger partial charge in [-0.3, -0.25) is 4.79 Å². The fourth-order valence-electron chi connectivity index (χ4n) is 1.43. The minimum absolute atomic E-state index is 0.0189. The lowest BCUT2D eigenvalue weighted by atomic mass is 10.2. The molecule has 0 radical (unpaired) electrons. The molecule has 0 fully saturated rings. The summed E-state index contributed by atoms with van der Waals surface area (Å²) in [6.45, 7) is 4.17. The third-order valence-electron chi connectivity index (χ3n) is 2.43. The van der Waals surface area contributed by atoms with E-state index in [0.717, 1.165) is 5.56 Å². The third kappa shape index (κ3) is 5.67. The highest BCUT2D eigenvalue weighted by Gasteiger charge is 2.08. The number of ether oxygens (including phenoxy) is 1. The number of nitriles is 1. The summed E-state index contributed by atoms with van der Waals surface area (Å²) < 4.78 is 18.8. The summed E-state index contributed by atoms with van der Waals surface area (Å²) in [5.41, 5.74) is 0.803. The molecule has 0 bridgehead atoms. The van der Waals surface area contributed by atoms with Crippen molar-refractivity contribution in [2.24, 2.45) is 0 Å². The van der Waals surface area contributed by atoms with E-state index in [4.69, 9.17) is 10.00 Å². The van der Waals surface area contributed by atoms with Crippen molar-refractivity contribution in [1.82, 2.24) is 10.6 Å². The Bertz CT molecular complexity index is 498. The molecule has 0 atom stereocenters. The van der Waals surface area contributed by atoms with E-state index in [9.17, 15) is 9.18 Å². The molecule has 6 heteroatoms. The Morgan fingerprint density at radius 2 is 2.25 bits per heavy atom. The van der Waals surface area contributed by atoms with Crippen molar-refractivity contribution in [3.63, 3.8) is 0 Å². The van der Waals surface area contributed by atoms with Gasteiger partial charge in [0.2, 0.25) is 0 Å². The quantitative estimate of drug-likeness (QED) is 0.739. The molecule has 20 heavy (non-hydrogen) atoms. The van der Waals surface area contributed by atoms with Crippen LogP contribution in [0, 0.1) is 17.1 Å². The van der Waals surface area contributed by atoms with E-state index in [1.165, 1.54) is 12.1 Å². The second-order valence-electron chi connectivity index (χ2n) is 4.52. The average Bonchev–Trinajstić information content (AvgIpc) is 2.41. The first-order valence-corrected chi connectivity index (χ1v) is 6.31. The van der Waals surface area contributed by atoms with E-state index < -0.39 is 11.7 Å². The zero-order valence-corrected chi connectivity index (χ0v) is 11.6. The number of carbonyl (C=O) groups excluding carboxylic acids is 1. The van der Waals surface area contributed by atoms with E-state index >= 15 is 0 Å². The normalized spacial score (nSPS) is 10.2.